The van der Waals surface area contributed by atoms with Gasteiger partial charge in [-0.1, -0.05) is 12.1 Å². The highest BCUT2D eigenvalue weighted by molar-refractivity contribution is 5.81. The molecule has 0 aliphatic rings. The Morgan fingerprint density at radius 2 is 2.29 bits per heavy atom. The molecule has 0 saturated heterocycles. The van der Waals surface area contributed by atoms with Crippen LogP contribution in [0.3, 0.4) is 0 Å². The van der Waals surface area contributed by atoms with Crippen LogP contribution in [0.1, 0.15) is 12.5 Å². The van der Waals surface area contributed by atoms with Gasteiger partial charge in [-0.15, -0.1) is 0 Å². The molecule has 1 aromatic rings. The number of hydrogen-bond acceptors (Lipinski definition) is 3. The number of halogens is 1. The van der Waals surface area contributed by atoms with Crippen molar-refractivity contribution in [2.45, 2.75) is 13.8 Å². The summed E-state index contributed by atoms with van der Waals surface area (Å²) in [6.45, 7) is 4.44. The molecule has 0 aliphatic heterocycles. The minimum atomic E-state index is -0.370. The zero-order valence-corrected chi connectivity index (χ0v) is 10.00. The van der Waals surface area contributed by atoms with Gasteiger partial charge in [-0.3, -0.25) is 0 Å². The molecule has 0 spiro atoms. The molecule has 0 saturated carbocycles. The topological polar surface area (TPSA) is 38.3 Å². The molecule has 0 amide bonds. The van der Waals surface area contributed by atoms with Crippen molar-refractivity contribution < 1.29 is 13.9 Å². The van der Waals surface area contributed by atoms with Crippen LogP contribution < -0.4 is 5.32 Å². The molecule has 17 heavy (non-hydrogen) atoms. The minimum Gasteiger partial charge on any atom is -0.463 e. The first-order chi connectivity index (χ1) is 8.13. The Hall–Kier alpha value is -1.84. The fourth-order valence-corrected chi connectivity index (χ4v) is 1.30. The van der Waals surface area contributed by atoms with Crippen molar-refractivity contribution in [2.24, 2.45) is 0 Å². The predicted molar refractivity (Wildman–Crippen MR) is 65.4 cm³/mol. The molecule has 0 fully saturated rings. The lowest BCUT2D eigenvalue weighted by Gasteiger charge is -2.06. The summed E-state index contributed by atoms with van der Waals surface area (Å²) in [5, 5.41) is 3.02. The lowest BCUT2D eigenvalue weighted by atomic mass is 10.2. The van der Waals surface area contributed by atoms with Gasteiger partial charge in [-0.05, 0) is 31.5 Å². The van der Waals surface area contributed by atoms with Gasteiger partial charge in [0.15, 0.2) is 0 Å². The predicted octanol–water partition coefficient (Wildman–Crippen LogP) is 2.67. The Kier molecular flexibility index (Phi) is 5.20. The Bertz CT molecular complexity index is 416. The van der Waals surface area contributed by atoms with Crippen molar-refractivity contribution in [3.05, 3.63) is 41.7 Å². The summed E-state index contributed by atoms with van der Waals surface area (Å²) in [6.07, 6.45) is 2.99. The average Bonchev–Trinajstić information content (AvgIpc) is 2.29. The number of nitrogens with one attached hydrogen (secondary N) is 1. The molecule has 1 N–H and O–H groups in total. The maximum atomic E-state index is 13.0. The molecule has 3 nitrogen and oxygen atoms in total. The first-order valence-electron chi connectivity index (χ1n) is 5.46. The van der Waals surface area contributed by atoms with Crippen LogP contribution in [0, 0.1) is 12.7 Å². The number of anilines is 1. The summed E-state index contributed by atoms with van der Waals surface area (Å²) in [6, 6.07) is 4.54. The van der Waals surface area contributed by atoms with Gasteiger partial charge >= 0.3 is 5.97 Å². The van der Waals surface area contributed by atoms with Gasteiger partial charge < -0.3 is 10.1 Å². The molecule has 0 heterocycles. The van der Waals surface area contributed by atoms with E-state index < -0.39 is 0 Å². The van der Waals surface area contributed by atoms with Gasteiger partial charge in [0.05, 0.1) is 6.61 Å². The van der Waals surface area contributed by atoms with Crippen LogP contribution in [-0.4, -0.2) is 19.1 Å². The van der Waals surface area contributed by atoms with Crippen molar-refractivity contribution >= 4 is 11.7 Å². The number of aryl methyl sites for hydroxylation is 1. The zero-order chi connectivity index (χ0) is 12.7. The van der Waals surface area contributed by atoms with Crippen LogP contribution in [-0.2, 0) is 9.53 Å². The normalized spacial score (nSPS) is 10.5. The van der Waals surface area contributed by atoms with E-state index >= 15 is 0 Å². The largest absolute Gasteiger partial charge is 0.463 e. The highest BCUT2D eigenvalue weighted by atomic mass is 19.1. The molecular formula is C13H16FNO2. The molecule has 0 atom stereocenters. The van der Waals surface area contributed by atoms with E-state index in [1.807, 2.05) is 6.92 Å². The van der Waals surface area contributed by atoms with E-state index in [2.05, 4.69) is 5.32 Å². The number of benzene rings is 1. The fourth-order valence-electron chi connectivity index (χ4n) is 1.30. The van der Waals surface area contributed by atoms with Crippen LogP contribution in [0.4, 0.5) is 10.1 Å². The third-order valence-corrected chi connectivity index (χ3v) is 2.15. The maximum absolute atomic E-state index is 13.0. The van der Waals surface area contributed by atoms with Gasteiger partial charge in [0.1, 0.15) is 5.82 Å². The fraction of sp³-hybridized carbons (Fsp3) is 0.308. The van der Waals surface area contributed by atoms with Crippen LogP contribution in [0.2, 0.25) is 0 Å². The second-order valence-electron chi connectivity index (χ2n) is 3.49. The van der Waals surface area contributed by atoms with E-state index in [-0.39, 0.29) is 11.8 Å². The van der Waals surface area contributed by atoms with Crippen molar-refractivity contribution in [1.29, 1.82) is 0 Å². The monoisotopic (exact) mass is 237 g/mol. The quantitative estimate of drug-likeness (QED) is 0.632. The number of rotatable bonds is 5. The molecule has 1 rings (SSSR count). The first kappa shape index (κ1) is 13.2. The van der Waals surface area contributed by atoms with Crippen LogP contribution in [0.15, 0.2) is 30.4 Å². The lowest BCUT2D eigenvalue weighted by Crippen LogP contribution is -2.03. The number of carbonyl (C=O) groups excluding carboxylic acids is 1. The standard InChI is InChI=1S/C13H16FNO2/c1-3-17-13(16)5-4-8-15-12-9-11(14)7-6-10(12)2/h4-7,9,15H,3,8H2,1-2H3/b5-4+. The third-order valence-electron chi connectivity index (χ3n) is 2.15. The van der Waals surface area contributed by atoms with Crippen molar-refractivity contribution in [2.75, 3.05) is 18.5 Å². The molecule has 0 bridgehead atoms. The Balaban J connectivity index is 2.45. The summed E-state index contributed by atoms with van der Waals surface area (Å²) < 4.78 is 17.7. The highest BCUT2D eigenvalue weighted by Crippen LogP contribution is 2.15. The zero-order valence-electron chi connectivity index (χ0n) is 10.00. The molecule has 92 valence electrons. The minimum absolute atomic E-state index is 0.285. The lowest BCUT2D eigenvalue weighted by molar-refractivity contribution is -0.137. The second-order valence-corrected chi connectivity index (χ2v) is 3.49. The first-order valence-corrected chi connectivity index (χ1v) is 5.46. The van der Waals surface area contributed by atoms with Crippen molar-refractivity contribution in [3.63, 3.8) is 0 Å². The molecule has 4 heteroatoms. The van der Waals surface area contributed by atoms with E-state index in [9.17, 15) is 9.18 Å². The molecule has 0 unspecified atom stereocenters. The van der Waals surface area contributed by atoms with E-state index in [1.165, 1.54) is 18.2 Å². The van der Waals surface area contributed by atoms with Gasteiger partial charge in [-0.2, -0.15) is 0 Å². The van der Waals surface area contributed by atoms with Crippen molar-refractivity contribution in [1.82, 2.24) is 0 Å². The molecule has 0 aliphatic carbocycles. The van der Waals surface area contributed by atoms with Gasteiger partial charge in [0.25, 0.3) is 0 Å². The van der Waals surface area contributed by atoms with E-state index in [0.29, 0.717) is 13.2 Å². The van der Waals surface area contributed by atoms with Crippen LogP contribution >= 0.6 is 0 Å². The second kappa shape index (κ2) is 6.68. The smallest absolute Gasteiger partial charge is 0.330 e. The van der Waals surface area contributed by atoms with Gasteiger partial charge in [0.2, 0.25) is 0 Å². The Morgan fingerprint density at radius 1 is 1.53 bits per heavy atom. The number of esters is 1. The van der Waals surface area contributed by atoms with Gasteiger partial charge in [0, 0.05) is 18.3 Å². The summed E-state index contributed by atoms with van der Waals surface area (Å²) in [5.41, 5.74) is 1.68. The van der Waals surface area contributed by atoms with Gasteiger partial charge in [-0.25, -0.2) is 9.18 Å². The number of ether oxygens (including phenoxy) is 1. The summed E-state index contributed by atoms with van der Waals surface area (Å²) in [4.78, 5) is 11.0. The highest BCUT2D eigenvalue weighted by Gasteiger charge is 1.98. The van der Waals surface area contributed by atoms with E-state index in [0.717, 1.165) is 11.3 Å². The third kappa shape index (κ3) is 4.68. The summed E-state index contributed by atoms with van der Waals surface area (Å²) >= 11 is 0. The van der Waals surface area contributed by atoms with E-state index in [4.69, 9.17) is 4.74 Å². The molecular weight excluding hydrogens is 221 g/mol. The SMILES string of the molecule is CCOC(=O)/C=C/CNc1cc(F)ccc1C. The molecule has 1 aromatic carbocycles. The van der Waals surface area contributed by atoms with Crippen LogP contribution in [0.5, 0.6) is 0 Å². The number of hydrogen-bond donors (Lipinski definition) is 1. The summed E-state index contributed by atoms with van der Waals surface area (Å²) in [5.74, 6) is -0.655. The molecule has 0 radical (unpaired) electrons. The molecule has 0 aromatic heterocycles. The Morgan fingerprint density at radius 3 is 3.00 bits per heavy atom. The van der Waals surface area contributed by atoms with Crippen LogP contribution in [0.25, 0.3) is 0 Å². The maximum Gasteiger partial charge on any atom is 0.330 e. The van der Waals surface area contributed by atoms with E-state index in [1.54, 1.807) is 19.1 Å². The number of carbonyl (C=O) groups is 1. The summed E-state index contributed by atoms with van der Waals surface area (Å²) in [7, 11) is 0. The average molecular weight is 237 g/mol. The Labute approximate surface area is 100 Å². The van der Waals surface area contributed by atoms with Crippen molar-refractivity contribution in [3.8, 4) is 0 Å².